The molecule has 0 radical (unpaired) electrons. The molecule has 9 heteroatoms. The lowest BCUT2D eigenvalue weighted by atomic mass is 9.99. The predicted molar refractivity (Wildman–Crippen MR) is 140 cm³/mol. The number of carbonyl (C=O) groups excluding carboxylic acids is 1. The molecule has 35 heavy (non-hydrogen) atoms. The van der Waals surface area contributed by atoms with Crippen LogP contribution in [0.4, 0.5) is 0 Å². The van der Waals surface area contributed by atoms with Crippen LogP contribution in [-0.4, -0.2) is 46.9 Å². The Labute approximate surface area is 206 Å². The van der Waals surface area contributed by atoms with Crippen LogP contribution in [0, 0.1) is 0 Å². The molecule has 5 rings (SSSR count). The molecule has 1 saturated carbocycles. The Kier molecular flexibility index (Phi) is 6.00. The van der Waals surface area contributed by atoms with E-state index in [9.17, 15) is 4.79 Å². The molecular formula is C26H31BN6O2. The molecule has 1 fully saturated rings. The van der Waals surface area contributed by atoms with Crippen molar-refractivity contribution in [3.8, 4) is 0 Å². The number of nitrogens with one attached hydrogen (secondary N) is 2. The third kappa shape index (κ3) is 4.26. The standard InChI is InChI=1S/C26H31BN6O2/c1-5-17-7-9-18(10-8-17)21(28-19-13-15(3)24-31-30-16(4)32(24)14-19)22-23(25(34)35-6-2)33(20-11-12-20)26(27)29-22/h5,7-10,13-14,16,20-21,28,30H,1,6,11-12,27H2,2-4H3. The van der Waals surface area contributed by atoms with Crippen LogP contribution in [0.15, 0.2) is 59.5 Å². The summed E-state index contributed by atoms with van der Waals surface area (Å²) in [6, 6.07) is 8.11. The molecule has 2 atom stereocenters. The fourth-order valence-corrected chi connectivity index (χ4v) is 4.74. The van der Waals surface area contributed by atoms with E-state index in [0.717, 1.165) is 46.8 Å². The number of hydrogen-bond acceptors (Lipinski definition) is 7. The van der Waals surface area contributed by atoms with Crippen LogP contribution in [0.5, 0.6) is 0 Å². The van der Waals surface area contributed by atoms with E-state index >= 15 is 0 Å². The van der Waals surface area contributed by atoms with Gasteiger partial charge in [-0.2, -0.15) is 5.10 Å². The normalized spacial score (nSPS) is 19.7. The highest BCUT2D eigenvalue weighted by Gasteiger charge is 2.36. The smallest absolute Gasteiger partial charge is 0.356 e. The highest BCUT2D eigenvalue weighted by molar-refractivity contribution is 6.29. The molecule has 3 heterocycles. The van der Waals surface area contributed by atoms with Crippen LogP contribution in [0.2, 0.25) is 0 Å². The summed E-state index contributed by atoms with van der Waals surface area (Å²) < 4.78 is 7.56. The number of allylic oxidation sites excluding steroid dienone is 1. The molecule has 0 saturated heterocycles. The Morgan fingerprint density at radius 2 is 2.11 bits per heavy atom. The number of carbonyl (C=O) groups is 1. The van der Waals surface area contributed by atoms with E-state index in [1.807, 2.05) is 39.9 Å². The molecule has 3 aliphatic rings. The third-order valence-electron chi connectivity index (χ3n) is 6.61. The van der Waals surface area contributed by atoms with E-state index in [2.05, 4.69) is 63.2 Å². The number of aromatic nitrogens is 2. The lowest BCUT2D eigenvalue weighted by Crippen LogP contribution is -2.37. The molecule has 2 unspecified atom stereocenters. The highest BCUT2D eigenvalue weighted by atomic mass is 16.5. The molecule has 8 nitrogen and oxygen atoms in total. The van der Waals surface area contributed by atoms with Gasteiger partial charge in [-0.3, -0.25) is 5.43 Å². The number of nitrogens with zero attached hydrogens (tertiary/aromatic N) is 4. The fraction of sp³-hybridized carbons (Fsp3) is 0.346. The second kappa shape index (κ2) is 9.13. The van der Waals surface area contributed by atoms with Gasteiger partial charge in [-0.15, -0.1) is 0 Å². The van der Waals surface area contributed by atoms with Gasteiger partial charge in [0.05, 0.1) is 29.8 Å². The van der Waals surface area contributed by atoms with Crippen molar-refractivity contribution in [1.29, 1.82) is 0 Å². The number of amidine groups is 1. The Morgan fingerprint density at radius 1 is 1.37 bits per heavy atom. The number of ether oxygens (including phenoxy) is 1. The average Bonchev–Trinajstić information content (AvgIpc) is 3.53. The molecule has 1 aliphatic carbocycles. The van der Waals surface area contributed by atoms with E-state index in [0.29, 0.717) is 24.0 Å². The summed E-state index contributed by atoms with van der Waals surface area (Å²) in [6.45, 7) is 10.1. The van der Waals surface area contributed by atoms with Gasteiger partial charge in [0.2, 0.25) is 0 Å². The number of hydrazone groups is 1. The number of benzene rings is 1. The average molecular weight is 470 g/mol. The van der Waals surface area contributed by atoms with Crippen LogP contribution >= 0.6 is 0 Å². The first-order valence-electron chi connectivity index (χ1n) is 12.2. The van der Waals surface area contributed by atoms with E-state index in [-0.39, 0.29) is 18.2 Å². The van der Waals surface area contributed by atoms with Gasteiger partial charge in [-0.05, 0) is 56.4 Å². The van der Waals surface area contributed by atoms with Crippen LogP contribution in [0.1, 0.15) is 73.0 Å². The molecule has 0 amide bonds. The third-order valence-corrected chi connectivity index (χ3v) is 6.61. The van der Waals surface area contributed by atoms with E-state index < -0.39 is 0 Å². The lowest BCUT2D eigenvalue weighted by molar-refractivity contribution is 0.0512. The summed E-state index contributed by atoms with van der Waals surface area (Å²) in [7, 11) is 1.96. The van der Waals surface area contributed by atoms with Gasteiger partial charge in [0.15, 0.2) is 19.4 Å². The van der Waals surface area contributed by atoms with E-state index in [4.69, 9.17) is 9.72 Å². The van der Waals surface area contributed by atoms with Gasteiger partial charge in [-0.25, -0.2) is 9.78 Å². The van der Waals surface area contributed by atoms with Crippen molar-refractivity contribution in [3.05, 3.63) is 76.9 Å². The van der Waals surface area contributed by atoms with Gasteiger partial charge in [0.1, 0.15) is 6.17 Å². The molecule has 1 aromatic heterocycles. The van der Waals surface area contributed by atoms with Gasteiger partial charge in [-0.1, -0.05) is 36.9 Å². The molecule has 0 bridgehead atoms. The largest absolute Gasteiger partial charge is 0.461 e. The molecule has 1 aromatic carbocycles. The van der Waals surface area contributed by atoms with E-state index in [1.165, 1.54) is 0 Å². The zero-order valence-corrected chi connectivity index (χ0v) is 20.7. The minimum absolute atomic E-state index is 0.0576. The van der Waals surface area contributed by atoms with Crippen molar-refractivity contribution in [2.75, 3.05) is 6.61 Å². The zero-order chi connectivity index (χ0) is 24.7. The summed E-state index contributed by atoms with van der Waals surface area (Å²) in [5.74, 6) is 0.580. The van der Waals surface area contributed by atoms with Crippen LogP contribution < -0.4 is 16.5 Å². The maximum Gasteiger partial charge on any atom is 0.356 e. The Hall–Kier alpha value is -3.75. The number of hydrogen-bond donors (Lipinski definition) is 2. The van der Waals surface area contributed by atoms with Crippen molar-refractivity contribution in [2.45, 2.75) is 51.9 Å². The SMILES string of the molecule is Bc1nc(C(NC2=CN3C(=NNC3C)C(C)=C2)c2ccc(C=C)cc2)c(C(=O)OCC)n1C1CC1. The number of imidazole rings is 1. The molecule has 180 valence electrons. The summed E-state index contributed by atoms with van der Waals surface area (Å²) in [5, 5.41) is 8.11. The molecule has 2 N–H and O–H groups in total. The van der Waals surface area contributed by atoms with Crippen molar-refractivity contribution in [3.63, 3.8) is 0 Å². The minimum Gasteiger partial charge on any atom is -0.461 e. The van der Waals surface area contributed by atoms with Crippen molar-refractivity contribution >= 4 is 31.5 Å². The molecule has 2 aromatic rings. The quantitative estimate of drug-likeness (QED) is 0.455. The maximum atomic E-state index is 13.2. The molecule has 0 spiro atoms. The lowest BCUT2D eigenvalue weighted by Gasteiger charge is -2.28. The fourth-order valence-electron chi connectivity index (χ4n) is 4.74. The highest BCUT2D eigenvalue weighted by Crippen LogP contribution is 2.38. The first kappa shape index (κ1) is 23.0. The van der Waals surface area contributed by atoms with Crippen molar-refractivity contribution in [2.24, 2.45) is 5.10 Å². The summed E-state index contributed by atoms with van der Waals surface area (Å²) in [5.41, 5.74) is 9.17. The van der Waals surface area contributed by atoms with Crippen LogP contribution in [0.3, 0.4) is 0 Å². The zero-order valence-electron chi connectivity index (χ0n) is 20.7. The maximum absolute atomic E-state index is 13.2. The van der Waals surface area contributed by atoms with Crippen LogP contribution in [-0.2, 0) is 4.74 Å². The summed E-state index contributed by atoms with van der Waals surface area (Å²) >= 11 is 0. The van der Waals surface area contributed by atoms with Gasteiger partial charge < -0.3 is 19.5 Å². The topological polar surface area (TPSA) is 83.8 Å². The second-order valence-corrected chi connectivity index (χ2v) is 9.22. The first-order chi connectivity index (χ1) is 16.9. The van der Waals surface area contributed by atoms with Crippen LogP contribution in [0.25, 0.3) is 6.08 Å². The number of rotatable bonds is 8. The Bertz CT molecular complexity index is 1260. The molecular weight excluding hydrogens is 439 g/mol. The number of fused-ring (bicyclic) bond motifs is 1. The summed E-state index contributed by atoms with van der Waals surface area (Å²) in [4.78, 5) is 20.3. The van der Waals surface area contributed by atoms with Crippen molar-refractivity contribution in [1.82, 2.24) is 25.2 Å². The molecule has 2 aliphatic heterocycles. The second-order valence-electron chi connectivity index (χ2n) is 9.22. The summed E-state index contributed by atoms with van der Waals surface area (Å²) in [6.07, 6.45) is 8.10. The van der Waals surface area contributed by atoms with Gasteiger partial charge >= 0.3 is 5.97 Å². The Balaban J connectivity index is 1.61. The minimum atomic E-state index is -0.355. The first-order valence-corrected chi connectivity index (χ1v) is 12.2. The number of esters is 1. The Morgan fingerprint density at radius 3 is 2.77 bits per heavy atom. The predicted octanol–water partition coefficient (Wildman–Crippen LogP) is 2.34. The van der Waals surface area contributed by atoms with Gasteiger partial charge in [0, 0.05) is 12.2 Å². The van der Waals surface area contributed by atoms with Gasteiger partial charge in [0.25, 0.3) is 0 Å². The van der Waals surface area contributed by atoms with E-state index in [1.54, 1.807) is 0 Å². The monoisotopic (exact) mass is 470 g/mol. The van der Waals surface area contributed by atoms with Crippen molar-refractivity contribution < 1.29 is 9.53 Å².